The third kappa shape index (κ3) is 4.96. The number of hydrogen-bond donors (Lipinski definition) is 0. The Hall–Kier alpha value is -1.69. The molecule has 2 aliphatic carbocycles. The molecule has 0 unspecified atom stereocenters. The highest BCUT2D eigenvalue weighted by Gasteiger charge is 2.38. The number of ketones is 1. The highest BCUT2D eigenvalue weighted by molar-refractivity contribution is 7.14. The Balaban J connectivity index is 2.03. The quantitative estimate of drug-likeness (QED) is 0.588. The highest BCUT2D eigenvalue weighted by atomic mass is 32.1. The predicted molar refractivity (Wildman–Crippen MR) is 120 cm³/mol. The summed E-state index contributed by atoms with van der Waals surface area (Å²) in [5, 5.41) is 0. The van der Waals surface area contributed by atoms with Crippen molar-refractivity contribution in [1.29, 1.82) is 0 Å². The van der Waals surface area contributed by atoms with E-state index in [2.05, 4.69) is 27.7 Å². The van der Waals surface area contributed by atoms with Crippen LogP contribution in [0.5, 0.6) is 0 Å². The molecule has 1 heterocycles. The van der Waals surface area contributed by atoms with Gasteiger partial charge >= 0.3 is 5.97 Å². The summed E-state index contributed by atoms with van der Waals surface area (Å²) in [4.78, 5) is 41.7. The van der Waals surface area contributed by atoms with Crippen molar-refractivity contribution in [2.75, 3.05) is 12.0 Å². The van der Waals surface area contributed by atoms with E-state index in [1.54, 1.807) is 0 Å². The average Bonchev–Trinajstić information content (AvgIpc) is 3.15. The van der Waals surface area contributed by atoms with Gasteiger partial charge in [0.05, 0.1) is 12.8 Å². The fourth-order valence-electron chi connectivity index (χ4n) is 4.55. The van der Waals surface area contributed by atoms with Crippen LogP contribution in [0, 0.1) is 11.8 Å². The Morgan fingerprint density at radius 1 is 1.07 bits per heavy atom. The summed E-state index contributed by atoms with van der Waals surface area (Å²) >= 11 is 1.42. The molecular weight excluding hydrogens is 398 g/mol. The van der Waals surface area contributed by atoms with Gasteiger partial charge in [-0.2, -0.15) is 0 Å². The molecule has 0 bridgehead atoms. The van der Waals surface area contributed by atoms with Gasteiger partial charge in [-0.3, -0.25) is 9.59 Å². The zero-order valence-corrected chi connectivity index (χ0v) is 19.8. The zero-order chi connectivity index (χ0) is 22.1. The molecule has 1 aromatic rings. The lowest BCUT2D eigenvalue weighted by Crippen LogP contribution is -2.46. The topological polar surface area (TPSA) is 63.7 Å². The summed E-state index contributed by atoms with van der Waals surface area (Å²) in [6.07, 6.45) is 6.24. The zero-order valence-electron chi connectivity index (χ0n) is 19.0. The van der Waals surface area contributed by atoms with E-state index in [4.69, 9.17) is 4.74 Å². The van der Waals surface area contributed by atoms with Crippen LogP contribution in [0.15, 0.2) is 6.07 Å². The van der Waals surface area contributed by atoms with Gasteiger partial charge in [0, 0.05) is 29.7 Å². The van der Waals surface area contributed by atoms with Gasteiger partial charge < -0.3 is 9.64 Å². The van der Waals surface area contributed by atoms with Crippen LogP contribution in [-0.2, 0) is 19.7 Å². The maximum atomic E-state index is 13.8. The predicted octanol–water partition coefficient (Wildman–Crippen LogP) is 5.50. The van der Waals surface area contributed by atoms with E-state index in [1.807, 2.05) is 11.0 Å². The fraction of sp³-hybridized carbons (Fsp3) is 0.708. The third-order valence-electron chi connectivity index (χ3n) is 6.56. The van der Waals surface area contributed by atoms with Gasteiger partial charge in [0.2, 0.25) is 5.91 Å². The van der Waals surface area contributed by atoms with Crippen LogP contribution in [0.2, 0.25) is 0 Å². The van der Waals surface area contributed by atoms with Gasteiger partial charge in [0.1, 0.15) is 10.7 Å². The van der Waals surface area contributed by atoms with Crippen molar-refractivity contribution in [2.24, 2.45) is 11.8 Å². The van der Waals surface area contributed by atoms with E-state index in [1.165, 1.54) is 18.4 Å². The summed E-state index contributed by atoms with van der Waals surface area (Å²) in [6.45, 7) is 8.57. The molecule has 2 aliphatic rings. The molecule has 166 valence electrons. The first kappa shape index (κ1) is 23.0. The fourth-order valence-corrected chi connectivity index (χ4v) is 5.68. The van der Waals surface area contributed by atoms with Crippen LogP contribution in [-0.4, -0.2) is 30.8 Å². The first-order valence-corrected chi connectivity index (χ1v) is 12.0. The van der Waals surface area contributed by atoms with Crippen molar-refractivity contribution in [2.45, 2.75) is 90.5 Å². The molecule has 0 aliphatic heterocycles. The molecule has 2 saturated carbocycles. The van der Waals surface area contributed by atoms with E-state index in [0.29, 0.717) is 42.2 Å². The van der Waals surface area contributed by atoms with Crippen molar-refractivity contribution in [3.63, 3.8) is 0 Å². The number of ether oxygens (including phenoxy) is 1. The number of methoxy groups -OCH3 is 1. The number of esters is 1. The molecule has 6 heteroatoms. The number of thiophene rings is 1. The summed E-state index contributed by atoms with van der Waals surface area (Å²) in [5.41, 5.74) is 0.545. The second-order valence-electron chi connectivity index (χ2n) is 10.0. The lowest BCUT2D eigenvalue weighted by molar-refractivity contribution is -0.125. The number of amides is 1. The normalized spacial score (nSPS) is 23.3. The standard InChI is InChI=1S/C24H35NO4S/c1-15-6-8-16(9-7-15)22(27)25(17-10-12-18(26)13-11-17)19-14-20(24(2,3)4)30-21(19)23(28)29-5/h14-17H,6-13H2,1-5H3/t15-,16-. The highest BCUT2D eigenvalue weighted by Crippen LogP contribution is 2.41. The van der Waals surface area contributed by atoms with Gasteiger partial charge in [-0.1, -0.05) is 27.7 Å². The number of rotatable bonds is 4. The molecular formula is C24H35NO4S. The minimum Gasteiger partial charge on any atom is -0.465 e. The Bertz CT molecular complexity index is 789. The SMILES string of the molecule is COC(=O)c1sc(C(C)(C)C)cc1N(C(=O)[C@H]1CC[C@H](C)CC1)C1CCC(=O)CC1. The number of carbonyl (C=O) groups is 3. The molecule has 0 saturated heterocycles. The third-order valence-corrected chi connectivity index (χ3v) is 8.09. The van der Waals surface area contributed by atoms with Crippen LogP contribution in [0.3, 0.4) is 0 Å². The molecule has 1 aromatic heterocycles. The molecule has 0 radical (unpaired) electrons. The van der Waals surface area contributed by atoms with Crippen LogP contribution in [0.4, 0.5) is 5.69 Å². The molecule has 0 N–H and O–H groups in total. The van der Waals surface area contributed by atoms with E-state index in [-0.39, 0.29) is 29.1 Å². The van der Waals surface area contributed by atoms with E-state index >= 15 is 0 Å². The largest absolute Gasteiger partial charge is 0.465 e. The van der Waals surface area contributed by atoms with E-state index in [0.717, 1.165) is 30.6 Å². The molecule has 30 heavy (non-hydrogen) atoms. The second kappa shape index (κ2) is 9.21. The second-order valence-corrected chi connectivity index (χ2v) is 11.1. The first-order chi connectivity index (χ1) is 14.1. The van der Waals surface area contributed by atoms with Crippen molar-refractivity contribution >= 4 is 34.7 Å². The number of Topliss-reactive ketones (excluding diaryl/α,β-unsaturated/α-hetero) is 1. The molecule has 0 aromatic carbocycles. The Labute approximate surface area is 184 Å². The minimum atomic E-state index is -0.396. The summed E-state index contributed by atoms with van der Waals surface area (Å²) < 4.78 is 5.08. The number of hydrogen-bond acceptors (Lipinski definition) is 5. The van der Waals surface area contributed by atoms with Gasteiger partial charge in [-0.25, -0.2) is 4.79 Å². The molecule has 2 fully saturated rings. The Morgan fingerprint density at radius 3 is 2.20 bits per heavy atom. The minimum absolute atomic E-state index is 0.0117. The van der Waals surface area contributed by atoms with Crippen molar-refractivity contribution < 1.29 is 19.1 Å². The van der Waals surface area contributed by atoms with Crippen molar-refractivity contribution in [3.05, 3.63) is 15.8 Å². The van der Waals surface area contributed by atoms with Crippen LogP contribution in [0.25, 0.3) is 0 Å². The lowest BCUT2D eigenvalue weighted by atomic mass is 9.81. The van der Waals surface area contributed by atoms with Gasteiger partial charge in [0.15, 0.2) is 0 Å². The average molecular weight is 434 g/mol. The van der Waals surface area contributed by atoms with Crippen molar-refractivity contribution in [1.82, 2.24) is 0 Å². The summed E-state index contributed by atoms with van der Waals surface area (Å²) in [7, 11) is 1.39. The summed E-state index contributed by atoms with van der Waals surface area (Å²) in [5.74, 6) is 0.632. The monoisotopic (exact) mass is 433 g/mol. The van der Waals surface area contributed by atoms with Gasteiger partial charge in [-0.05, 0) is 55.9 Å². The smallest absolute Gasteiger partial charge is 0.350 e. The van der Waals surface area contributed by atoms with E-state index in [9.17, 15) is 14.4 Å². The Kier molecular flexibility index (Phi) is 7.05. The van der Waals surface area contributed by atoms with Crippen molar-refractivity contribution in [3.8, 4) is 0 Å². The number of anilines is 1. The van der Waals surface area contributed by atoms with Crippen LogP contribution in [0.1, 0.15) is 93.6 Å². The van der Waals surface area contributed by atoms with Crippen LogP contribution >= 0.6 is 11.3 Å². The molecule has 0 atom stereocenters. The molecule has 5 nitrogen and oxygen atoms in total. The van der Waals surface area contributed by atoms with E-state index < -0.39 is 5.97 Å². The number of nitrogens with zero attached hydrogens (tertiary/aromatic N) is 1. The lowest BCUT2D eigenvalue weighted by Gasteiger charge is -2.37. The van der Waals surface area contributed by atoms with Gasteiger partial charge in [0.25, 0.3) is 0 Å². The molecule has 0 spiro atoms. The molecule has 1 amide bonds. The van der Waals surface area contributed by atoms with Gasteiger partial charge in [-0.15, -0.1) is 11.3 Å². The van der Waals surface area contributed by atoms with Crippen LogP contribution < -0.4 is 4.90 Å². The molecule has 3 rings (SSSR count). The Morgan fingerprint density at radius 2 is 1.67 bits per heavy atom. The maximum Gasteiger partial charge on any atom is 0.350 e. The summed E-state index contributed by atoms with van der Waals surface area (Å²) in [6, 6.07) is 1.97. The first-order valence-electron chi connectivity index (χ1n) is 11.2. The number of carbonyl (C=O) groups excluding carboxylic acids is 3. The maximum absolute atomic E-state index is 13.8.